The molecule has 2 nitrogen and oxygen atoms in total. The van der Waals surface area contributed by atoms with Crippen molar-refractivity contribution < 1.29 is 4.74 Å². The Bertz CT molecular complexity index is 339. The molecule has 1 aromatic carbocycles. The van der Waals surface area contributed by atoms with Crippen LogP contribution in [0, 0.1) is 0 Å². The second-order valence-corrected chi connectivity index (χ2v) is 4.60. The van der Waals surface area contributed by atoms with Gasteiger partial charge >= 0.3 is 0 Å². The summed E-state index contributed by atoms with van der Waals surface area (Å²) in [7, 11) is 0. The summed E-state index contributed by atoms with van der Waals surface area (Å²) in [6.45, 7) is 4.74. The first-order valence-corrected chi connectivity index (χ1v) is 6.55. The minimum absolute atomic E-state index is 0.130. The van der Waals surface area contributed by atoms with Crippen molar-refractivity contribution in [1.82, 2.24) is 0 Å². The molecule has 0 amide bonds. The zero-order valence-corrected chi connectivity index (χ0v) is 11.4. The van der Waals surface area contributed by atoms with Gasteiger partial charge < -0.3 is 10.5 Å². The van der Waals surface area contributed by atoms with Gasteiger partial charge in [-0.15, -0.1) is 0 Å². The van der Waals surface area contributed by atoms with E-state index in [1.165, 1.54) is 5.56 Å². The van der Waals surface area contributed by atoms with E-state index in [9.17, 15) is 0 Å². The highest BCUT2D eigenvalue weighted by atomic mass is 32.1. The summed E-state index contributed by atoms with van der Waals surface area (Å²) in [5, 5.41) is 0.663. The van der Waals surface area contributed by atoms with E-state index < -0.39 is 0 Å². The van der Waals surface area contributed by atoms with E-state index in [0.29, 0.717) is 11.6 Å². The molecule has 0 heterocycles. The van der Waals surface area contributed by atoms with Crippen LogP contribution in [0.4, 0.5) is 0 Å². The van der Waals surface area contributed by atoms with Crippen LogP contribution in [0.25, 0.3) is 0 Å². The van der Waals surface area contributed by atoms with Gasteiger partial charge in [0.05, 0.1) is 12.0 Å². The number of nitrogens with two attached hydrogens (primary N) is 1. The molecule has 2 atom stereocenters. The average Bonchev–Trinajstić information content (AvgIpc) is 2.36. The Morgan fingerprint density at radius 2 is 2.00 bits per heavy atom. The van der Waals surface area contributed by atoms with Crippen molar-refractivity contribution in [1.29, 1.82) is 0 Å². The minimum atomic E-state index is 0.130. The van der Waals surface area contributed by atoms with Crippen molar-refractivity contribution in [2.75, 3.05) is 6.54 Å². The molecule has 2 N–H and O–H groups in total. The summed E-state index contributed by atoms with van der Waals surface area (Å²) in [6.07, 6.45) is 1.97. The smallest absolute Gasteiger partial charge is 0.167 e. The Balaban J connectivity index is 2.75. The molecule has 0 saturated heterocycles. The van der Waals surface area contributed by atoms with Crippen molar-refractivity contribution in [3.05, 3.63) is 35.9 Å². The Hall–Kier alpha value is -0.930. The summed E-state index contributed by atoms with van der Waals surface area (Å²) >= 11 is 5.39. The average molecular weight is 251 g/mol. The molecule has 0 spiro atoms. The monoisotopic (exact) mass is 251 g/mol. The second kappa shape index (κ2) is 7.41. The van der Waals surface area contributed by atoms with Crippen LogP contribution < -0.4 is 5.73 Å². The molecular formula is C14H21NOS. The summed E-state index contributed by atoms with van der Waals surface area (Å²) in [4.78, 5) is 0. The molecule has 3 heteroatoms. The largest absolute Gasteiger partial charge is 0.484 e. The van der Waals surface area contributed by atoms with Gasteiger partial charge in [-0.25, -0.2) is 0 Å². The van der Waals surface area contributed by atoms with Crippen LogP contribution >= 0.6 is 12.2 Å². The van der Waals surface area contributed by atoms with Gasteiger partial charge in [-0.1, -0.05) is 37.3 Å². The van der Waals surface area contributed by atoms with Gasteiger partial charge in [-0.3, -0.25) is 0 Å². The fourth-order valence-electron chi connectivity index (χ4n) is 1.64. The molecular weight excluding hydrogens is 230 g/mol. The third-order valence-electron chi connectivity index (χ3n) is 2.83. The molecule has 0 radical (unpaired) electrons. The van der Waals surface area contributed by atoms with Crippen molar-refractivity contribution in [3.8, 4) is 0 Å². The fourth-order valence-corrected chi connectivity index (χ4v) is 2.05. The van der Waals surface area contributed by atoms with E-state index in [0.717, 1.165) is 12.8 Å². The maximum absolute atomic E-state index is 5.74. The predicted molar refractivity (Wildman–Crippen MR) is 76.3 cm³/mol. The standard InChI is InChI=1S/C14H21NOS/c1-3-11(2)16-14(17)13(9-10-15)12-7-5-4-6-8-12/h4-8,11,13H,3,9-10,15H2,1-2H3. The molecule has 94 valence electrons. The molecule has 0 fully saturated rings. The molecule has 2 unspecified atom stereocenters. The highest BCUT2D eigenvalue weighted by molar-refractivity contribution is 7.80. The van der Waals surface area contributed by atoms with Crippen LogP contribution in [0.15, 0.2) is 30.3 Å². The number of hydrogen-bond donors (Lipinski definition) is 1. The number of benzene rings is 1. The van der Waals surface area contributed by atoms with E-state index in [4.69, 9.17) is 22.7 Å². The Morgan fingerprint density at radius 1 is 1.35 bits per heavy atom. The van der Waals surface area contributed by atoms with Crippen molar-refractivity contribution >= 4 is 17.3 Å². The van der Waals surface area contributed by atoms with Gasteiger partial charge in [0, 0.05) is 0 Å². The summed E-state index contributed by atoms with van der Waals surface area (Å²) < 4.78 is 5.74. The normalized spacial score (nSPS) is 14.1. The van der Waals surface area contributed by atoms with Crippen molar-refractivity contribution in [2.24, 2.45) is 5.73 Å². The van der Waals surface area contributed by atoms with Crippen LogP contribution in [0.2, 0.25) is 0 Å². The lowest BCUT2D eigenvalue weighted by molar-refractivity contribution is 0.200. The fraction of sp³-hybridized carbons (Fsp3) is 0.500. The lowest BCUT2D eigenvalue weighted by Crippen LogP contribution is -2.21. The van der Waals surface area contributed by atoms with Gasteiger partial charge in [0.15, 0.2) is 5.05 Å². The zero-order chi connectivity index (χ0) is 12.7. The lowest BCUT2D eigenvalue weighted by atomic mass is 9.96. The number of thiocarbonyl (C=S) groups is 1. The van der Waals surface area contributed by atoms with Gasteiger partial charge in [-0.05, 0) is 44.1 Å². The third kappa shape index (κ3) is 4.44. The number of hydrogen-bond acceptors (Lipinski definition) is 3. The molecule has 1 rings (SSSR count). The zero-order valence-electron chi connectivity index (χ0n) is 10.6. The SMILES string of the molecule is CCC(C)OC(=S)C(CCN)c1ccccc1. The predicted octanol–water partition coefficient (Wildman–Crippen LogP) is 3.26. The first-order valence-electron chi connectivity index (χ1n) is 6.14. The highest BCUT2D eigenvalue weighted by Gasteiger charge is 2.18. The van der Waals surface area contributed by atoms with Crippen LogP contribution in [0.1, 0.15) is 38.2 Å². The van der Waals surface area contributed by atoms with E-state index in [-0.39, 0.29) is 12.0 Å². The van der Waals surface area contributed by atoms with Crippen LogP contribution in [-0.4, -0.2) is 17.7 Å². The Kier molecular flexibility index (Phi) is 6.16. The van der Waals surface area contributed by atoms with Crippen LogP contribution in [0.5, 0.6) is 0 Å². The van der Waals surface area contributed by atoms with Crippen molar-refractivity contribution in [2.45, 2.75) is 38.7 Å². The van der Waals surface area contributed by atoms with E-state index in [2.05, 4.69) is 19.1 Å². The molecule has 0 aliphatic rings. The first-order chi connectivity index (χ1) is 8.19. The van der Waals surface area contributed by atoms with Crippen LogP contribution in [0.3, 0.4) is 0 Å². The molecule has 0 aliphatic carbocycles. The van der Waals surface area contributed by atoms with Gasteiger partial charge in [-0.2, -0.15) is 0 Å². The summed E-state index contributed by atoms with van der Waals surface area (Å²) in [5.41, 5.74) is 6.84. The quantitative estimate of drug-likeness (QED) is 0.788. The van der Waals surface area contributed by atoms with Crippen molar-refractivity contribution in [3.63, 3.8) is 0 Å². The summed E-state index contributed by atoms with van der Waals surface area (Å²) in [6, 6.07) is 10.2. The lowest BCUT2D eigenvalue weighted by Gasteiger charge is -2.21. The van der Waals surface area contributed by atoms with E-state index in [1.807, 2.05) is 25.1 Å². The van der Waals surface area contributed by atoms with Crippen LogP contribution in [-0.2, 0) is 4.74 Å². The molecule has 0 aromatic heterocycles. The molecule has 0 saturated carbocycles. The molecule has 0 aliphatic heterocycles. The van der Waals surface area contributed by atoms with E-state index in [1.54, 1.807) is 0 Å². The maximum Gasteiger partial charge on any atom is 0.167 e. The van der Waals surface area contributed by atoms with Gasteiger partial charge in [0.1, 0.15) is 0 Å². The highest BCUT2D eigenvalue weighted by Crippen LogP contribution is 2.22. The molecule has 17 heavy (non-hydrogen) atoms. The van der Waals surface area contributed by atoms with Gasteiger partial charge in [0.25, 0.3) is 0 Å². The second-order valence-electron chi connectivity index (χ2n) is 4.20. The first kappa shape index (κ1) is 14.1. The number of rotatable bonds is 6. The summed E-state index contributed by atoms with van der Waals surface area (Å²) in [5.74, 6) is 0.130. The third-order valence-corrected chi connectivity index (χ3v) is 3.21. The van der Waals surface area contributed by atoms with Gasteiger partial charge in [0.2, 0.25) is 0 Å². The maximum atomic E-state index is 5.74. The minimum Gasteiger partial charge on any atom is -0.484 e. The molecule has 1 aromatic rings. The Morgan fingerprint density at radius 3 is 2.53 bits per heavy atom. The topological polar surface area (TPSA) is 35.2 Å². The molecule has 0 bridgehead atoms. The number of ether oxygens (including phenoxy) is 1. The van der Waals surface area contributed by atoms with E-state index >= 15 is 0 Å². The Labute approximate surface area is 109 Å².